The van der Waals surface area contributed by atoms with Gasteiger partial charge in [-0.05, 0) is 105 Å². The van der Waals surface area contributed by atoms with Gasteiger partial charge in [0.2, 0.25) is 0 Å². The molecule has 1 aliphatic carbocycles. The Bertz CT molecular complexity index is 1230. The van der Waals surface area contributed by atoms with Gasteiger partial charge in [0.1, 0.15) is 18.1 Å². The molecule has 0 aliphatic heterocycles. The van der Waals surface area contributed by atoms with Gasteiger partial charge in [-0.2, -0.15) is 0 Å². The molecule has 3 aromatic carbocycles. The van der Waals surface area contributed by atoms with Gasteiger partial charge in [0.15, 0.2) is 11.5 Å². The second kappa shape index (κ2) is 15.5. The van der Waals surface area contributed by atoms with Crippen molar-refractivity contribution in [1.29, 1.82) is 0 Å². The van der Waals surface area contributed by atoms with E-state index in [-0.39, 0.29) is 0 Å². The minimum Gasteiger partial charge on any atom is -0.508 e. The van der Waals surface area contributed by atoms with E-state index in [0.29, 0.717) is 18.3 Å². The molecule has 7 nitrogen and oxygen atoms in total. The van der Waals surface area contributed by atoms with Crippen LogP contribution in [0.15, 0.2) is 54.6 Å². The van der Waals surface area contributed by atoms with Crippen molar-refractivity contribution >= 4 is 5.69 Å². The van der Waals surface area contributed by atoms with E-state index < -0.39 is 0 Å². The van der Waals surface area contributed by atoms with Gasteiger partial charge in [0.05, 0.1) is 20.8 Å². The number of phenols is 1. The smallest absolute Gasteiger partial charge is 0.162 e. The first-order chi connectivity index (χ1) is 20.0. The average Bonchev–Trinajstić information content (AvgIpc) is 2.99. The summed E-state index contributed by atoms with van der Waals surface area (Å²) < 4.78 is 22.6. The molecule has 0 heterocycles. The van der Waals surface area contributed by atoms with E-state index in [4.69, 9.17) is 18.9 Å². The first kappa shape index (κ1) is 30.5. The Morgan fingerprint density at radius 3 is 2.44 bits per heavy atom. The lowest BCUT2D eigenvalue weighted by molar-refractivity contribution is 0.116. The first-order valence-corrected chi connectivity index (χ1v) is 14.8. The number of aryl methyl sites for hydroxylation is 2. The summed E-state index contributed by atoms with van der Waals surface area (Å²) in [7, 11) is 5.45. The maximum absolute atomic E-state index is 9.89. The van der Waals surface area contributed by atoms with E-state index in [0.717, 1.165) is 87.9 Å². The number of rotatable bonds is 16. The molecular formula is C34H46N2O5. The molecule has 1 atom stereocenters. The van der Waals surface area contributed by atoms with Gasteiger partial charge in [0.25, 0.3) is 0 Å². The number of hydrogen-bond acceptors (Lipinski definition) is 7. The summed E-state index contributed by atoms with van der Waals surface area (Å²) in [5, 5.41) is 13.6. The molecule has 0 saturated carbocycles. The van der Waals surface area contributed by atoms with E-state index in [1.54, 1.807) is 20.3 Å². The predicted molar refractivity (Wildman–Crippen MR) is 165 cm³/mol. The van der Waals surface area contributed by atoms with Crippen LogP contribution in [-0.2, 0) is 24.0 Å². The van der Waals surface area contributed by atoms with Gasteiger partial charge >= 0.3 is 0 Å². The fourth-order valence-electron chi connectivity index (χ4n) is 5.46. The number of aromatic hydroxyl groups is 1. The van der Waals surface area contributed by atoms with Crippen LogP contribution in [0.5, 0.6) is 23.0 Å². The highest BCUT2D eigenvalue weighted by Gasteiger charge is 2.24. The van der Waals surface area contributed by atoms with Crippen molar-refractivity contribution in [2.75, 3.05) is 66.0 Å². The van der Waals surface area contributed by atoms with Crippen LogP contribution in [0, 0.1) is 0 Å². The second-order valence-electron chi connectivity index (χ2n) is 10.7. The zero-order chi connectivity index (χ0) is 29.0. The van der Waals surface area contributed by atoms with Crippen LogP contribution in [0.4, 0.5) is 5.69 Å². The fourth-order valence-corrected chi connectivity index (χ4v) is 5.46. The Morgan fingerprint density at radius 1 is 0.927 bits per heavy atom. The summed E-state index contributed by atoms with van der Waals surface area (Å²) in [6.07, 6.45) is 4.91. The molecule has 0 saturated heterocycles. The van der Waals surface area contributed by atoms with Crippen LogP contribution in [-0.4, -0.2) is 70.7 Å². The van der Waals surface area contributed by atoms with E-state index in [1.807, 2.05) is 13.0 Å². The Labute approximate surface area is 245 Å². The van der Waals surface area contributed by atoms with Crippen molar-refractivity contribution in [2.24, 2.45) is 0 Å². The Morgan fingerprint density at radius 2 is 1.68 bits per heavy atom. The van der Waals surface area contributed by atoms with Gasteiger partial charge in [-0.25, -0.2) is 0 Å². The topological polar surface area (TPSA) is 72.4 Å². The van der Waals surface area contributed by atoms with Crippen LogP contribution >= 0.6 is 0 Å². The van der Waals surface area contributed by atoms with Crippen molar-refractivity contribution in [3.8, 4) is 23.0 Å². The number of likely N-dealkylation sites (N-methyl/N-ethyl adjacent to an activating group) is 1. The molecular weight excluding hydrogens is 516 g/mol. The van der Waals surface area contributed by atoms with Crippen LogP contribution in [0.25, 0.3) is 0 Å². The van der Waals surface area contributed by atoms with Gasteiger partial charge in [-0.3, -0.25) is 0 Å². The minimum absolute atomic E-state index is 0.342. The molecule has 0 amide bonds. The number of nitrogens with one attached hydrogen (secondary N) is 1. The molecule has 0 fully saturated rings. The number of fused-ring (bicyclic) bond motifs is 1. The van der Waals surface area contributed by atoms with Gasteiger partial charge in [-0.1, -0.05) is 18.2 Å². The molecule has 4 rings (SSSR count). The minimum atomic E-state index is 0.342. The monoisotopic (exact) mass is 562 g/mol. The van der Waals surface area contributed by atoms with E-state index in [1.165, 1.54) is 22.3 Å². The van der Waals surface area contributed by atoms with E-state index in [2.05, 4.69) is 59.7 Å². The molecule has 1 aliphatic rings. The number of hydrogen-bond donors (Lipinski definition) is 2. The van der Waals surface area contributed by atoms with Crippen molar-refractivity contribution in [1.82, 2.24) is 4.90 Å². The normalized spacial score (nSPS) is 14.5. The van der Waals surface area contributed by atoms with E-state index in [9.17, 15) is 5.11 Å². The molecule has 3 aromatic rings. The maximum atomic E-state index is 9.89. The van der Waals surface area contributed by atoms with Crippen molar-refractivity contribution in [3.63, 3.8) is 0 Å². The van der Waals surface area contributed by atoms with Gasteiger partial charge < -0.3 is 34.3 Å². The summed E-state index contributed by atoms with van der Waals surface area (Å²) >= 11 is 0. The number of methoxy groups -OCH3 is 2. The molecule has 41 heavy (non-hydrogen) atoms. The lowest BCUT2D eigenvalue weighted by atomic mass is 9.79. The molecule has 222 valence electrons. The van der Waals surface area contributed by atoms with E-state index >= 15 is 0 Å². The highest BCUT2D eigenvalue weighted by atomic mass is 16.5. The standard InChI is InChI=1S/C34H46N2O5/c1-5-40-19-17-36(2)18-20-41-30-14-8-25(9-15-30)7-6-16-35-32-24-34(39-4)33(38-3)23-31(32)28-11-10-27-22-29(37)13-12-26(27)21-28/h8-9,12-15,22-24,28,35,37H,5-7,10-11,16-21H2,1-4H3/t28-/m1/s1. The summed E-state index contributed by atoms with van der Waals surface area (Å²) in [6, 6.07) is 18.4. The van der Waals surface area contributed by atoms with Crippen molar-refractivity contribution < 1.29 is 24.1 Å². The Kier molecular flexibility index (Phi) is 11.6. The van der Waals surface area contributed by atoms with Crippen LogP contribution in [0.2, 0.25) is 0 Å². The Balaban J connectivity index is 1.30. The Hall–Kier alpha value is -3.42. The number of benzene rings is 3. The predicted octanol–water partition coefficient (Wildman–Crippen LogP) is 6.07. The summed E-state index contributed by atoms with van der Waals surface area (Å²) in [4.78, 5) is 2.22. The number of anilines is 1. The largest absolute Gasteiger partial charge is 0.508 e. The number of phenolic OH excluding ortho intramolecular Hbond substituents is 1. The lowest BCUT2D eigenvalue weighted by Crippen LogP contribution is -2.27. The van der Waals surface area contributed by atoms with Crippen LogP contribution in [0.1, 0.15) is 47.9 Å². The third kappa shape index (κ3) is 8.78. The molecule has 2 N–H and O–H groups in total. The lowest BCUT2D eigenvalue weighted by Gasteiger charge is -2.28. The molecule has 0 spiro atoms. The number of ether oxygens (including phenoxy) is 4. The summed E-state index contributed by atoms with van der Waals surface area (Å²) in [5.41, 5.74) is 6.21. The summed E-state index contributed by atoms with van der Waals surface area (Å²) in [6.45, 7) is 6.83. The third-order valence-electron chi connectivity index (χ3n) is 7.86. The van der Waals surface area contributed by atoms with Crippen molar-refractivity contribution in [3.05, 3.63) is 76.9 Å². The molecule has 7 heteroatoms. The van der Waals surface area contributed by atoms with Gasteiger partial charge in [-0.15, -0.1) is 0 Å². The second-order valence-corrected chi connectivity index (χ2v) is 10.7. The van der Waals surface area contributed by atoms with Crippen molar-refractivity contribution in [2.45, 2.75) is 44.9 Å². The molecule has 0 aromatic heterocycles. The quantitative estimate of drug-likeness (QED) is 0.205. The zero-order valence-corrected chi connectivity index (χ0v) is 25.1. The maximum Gasteiger partial charge on any atom is 0.162 e. The fraction of sp³-hybridized carbons (Fsp3) is 0.471. The SMILES string of the molecule is CCOCCN(C)CCOc1ccc(CCCNc2cc(OC)c(OC)cc2[C@@H]2CCc3cc(O)ccc3C2)cc1. The highest BCUT2D eigenvalue weighted by Crippen LogP contribution is 2.42. The van der Waals surface area contributed by atoms with Gasteiger partial charge in [0, 0.05) is 38.0 Å². The first-order valence-electron chi connectivity index (χ1n) is 14.8. The molecule has 0 radical (unpaired) electrons. The number of nitrogens with zero attached hydrogens (tertiary/aromatic N) is 1. The molecule has 0 bridgehead atoms. The molecule has 0 unspecified atom stereocenters. The highest BCUT2D eigenvalue weighted by molar-refractivity contribution is 5.62. The van der Waals surface area contributed by atoms with Crippen LogP contribution in [0.3, 0.4) is 0 Å². The zero-order valence-electron chi connectivity index (χ0n) is 25.1. The third-order valence-corrected chi connectivity index (χ3v) is 7.86. The van der Waals surface area contributed by atoms with Crippen LogP contribution < -0.4 is 19.5 Å². The average molecular weight is 563 g/mol. The summed E-state index contributed by atoms with van der Waals surface area (Å²) in [5.74, 6) is 3.10.